The highest BCUT2D eigenvalue weighted by Gasteiger charge is 2.32. The first-order valence-electron chi connectivity index (χ1n) is 4.91. The molecule has 1 aromatic carbocycles. The highest BCUT2D eigenvalue weighted by molar-refractivity contribution is 9.10. The summed E-state index contributed by atoms with van der Waals surface area (Å²) in [7, 11) is -3.54. The monoisotopic (exact) mass is 376 g/mol. The Morgan fingerprint density at radius 3 is 2.45 bits per heavy atom. The second-order valence-corrected chi connectivity index (χ2v) is 5.93. The Bertz CT molecular complexity index is 612. The normalized spacial score (nSPS) is 12.2. The third-order valence-electron chi connectivity index (χ3n) is 2.01. The molecule has 10 heteroatoms. The first kappa shape index (κ1) is 16.9. The Morgan fingerprint density at radius 2 is 1.95 bits per heavy atom. The van der Waals surface area contributed by atoms with E-state index in [1.807, 2.05) is 0 Å². The molecule has 5 nitrogen and oxygen atoms in total. The lowest BCUT2D eigenvalue weighted by atomic mass is 10.2. The number of benzene rings is 1. The van der Waals surface area contributed by atoms with E-state index in [2.05, 4.69) is 24.8 Å². The second-order valence-electron chi connectivity index (χ2n) is 3.46. The van der Waals surface area contributed by atoms with Crippen LogP contribution in [0.25, 0.3) is 0 Å². The summed E-state index contributed by atoms with van der Waals surface area (Å²) in [6.45, 7) is -1.95. The van der Waals surface area contributed by atoms with Gasteiger partial charge in [-0.15, -0.1) is 0 Å². The van der Waals surface area contributed by atoms with Gasteiger partial charge in [-0.25, -0.2) is 4.79 Å². The summed E-state index contributed by atoms with van der Waals surface area (Å²) in [4.78, 5) is 10.8. The predicted molar refractivity (Wildman–Crippen MR) is 64.7 cm³/mol. The number of methoxy groups -OCH3 is 1. The van der Waals surface area contributed by atoms with Crippen LogP contribution in [0.15, 0.2) is 27.6 Å². The lowest BCUT2D eigenvalue weighted by Gasteiger charge is -2.09. The molecule has 0 heterocycles. The fraction of sp³-hybridized carbons (Fsp3) is 0.300. The number of carbonyl (C=O) groups excluding carboxylic acids is 1. The lowest BCUT2D eigenvalue weighted by Crippen LogP contribution is -2.20. The van der Waals surface area contributed by atoms with Crippen LogP contribution in [-0.2, 0) is 19.0 Å². The summed E-state index contributed by atoms with van der Waals surface area (Å²) in [5, 5.41) is 0. The van der Waals surface area contributed by atoms with Crippen molar-refractivity contribution in [3.63, 3.8) is 0 Å². The Labute approximate surface area is 120 Å². The molecule has 0 bridgehead atoms. The van der Waals surface area contributed by atoms with E-state index in [0.29, 0.717) is 0 Å². The summed E-state index contributed by atoms with van der Waals surface area (Å²) in [5.41, 5.74) is -0.149. The van der Waals surface area contributed by atoms with Gasteiger partial charge >= 0.3 is 12.1 Å². The van der Waals surface area contributed by atoms with Gasteiger partial charge in [-0.3, -0.25) is 4.18 Å². The summed E-state index contributed by atoms with van der Waals surface area (Å²) >= 11 is 2.99. The quantitative estimate of drug-likeness (QED) is 0.596. The molecule has 0 atom stereocenters. The lowest BCUT2D eigenvalue weighted by molar-refractivity contribution is -0.152. The maximum Gasteiger partial charge on any atom is 0.413 e. The van der Waals surface area contributed by atoms with E-state index in [0.717, 1.165) is 19.2 Å². The minimum atomic E-state index is -4.78. The zero-order valence-electron chi connectivity index (χ0n) is 9.90. The molecule has 0 radical (unpaired) electrons. The number of hydrogen-bond acceptors (Lipinski definition) is 5. The van der Waals surface area contributed by atoms with Crippen LogP contribution in [-0.4, -0.2) is 34.3 Å². The van der Waals surface area contributed by atoms with Crippen LogP contribution in [0.3, 0.4) is 0 Å². The Morgan fingerprint density at radius 1 is 1.35 bits per heavy atom. The summed E-state index contributed by atoms with van der Waals surface area (Å²) in [6, 6.07) is 3.06. The minimum absolute atomic E-state index is 0.149. The highest BCUT2D eigenvalue weighted by atomic mass is 79.9. The standard InChI is InChI=1S/C10H8BrF3O5S/c1-18-9(15)7-4-6(2-3-8(7)11)20(16,17)19-5-10(12,13)14/h2-4H,5H2,1H3. The molecule has 0 aliphatic heterocycles. The summed E-state index contributed by atoms with van der Waals surface area (Å²) in [6.07, 6.45) is -4.78. The average molecular weight is 377 g/mol. The van der Waals surface area contributed by atoms with Crippen molar-refractivity contribution in [3.8, 4) is 0 Å². The van der Waals surface area contributed by atoms with Crippen molar-refractivity contribution in [1.29, 1.82) is 0 Å². The van der Waals surface area contributed by atoms with E-state index in [1.165, 1.54) is 6.07 Å². The van der Waals surface area contributed by atoms with Gasteiger partial charge in [0.1, 0.15) is 0 Å². The van der Waals surface area contributed by atoms with Gasteiger partial charge in [0.25, 0.3) is 10.1 Å². The Balaban J connectivity index is 3.11. The number of hydrogen-bond donors (Lipinski definition) is 0. The van der Waals surface area contributed by atoms with E-state index in [9.17, 15) is 26.4 Å². The molecule has 1 rings (SSSR count). The highest BCUT2D eigenvalue weighted by Crippen LogP contribution is 2.24. The van der Waals surface area contributed by atoms with Crippen molar-refractivity contribution >= 4 is 32.0 Å². The number of halogens is 4. The molecular weight excluding hydrogens is 369 g/mol. The third kappa shape index (κ3) is 4.46. The molecule has 0 spiro atoms. The number of carbonyl (C=O) groups is 1. The second kappa shape index (κ2) is 6.10. The molecular formula is C10H8BrF3O5S. The maximum atomic E-state index is 12.0. The van der Waals surface area contributed by atoms with Gasteiger partial charge in [0.15, 0.2) is 6.61 Å². The van der Waals surface area contributed by atoms with Crippen LogP contribution in [0.2, 0.25) is 0 Å². The molecule has 1 aromatic rings. The van der Waals surface area contributed by atoms with Crippen LogP contribution in [0.4, 0.5) is 13.2 Å². The van der Waals surface area contributed by atoms with Gasteiger partial charge in [-0.1, -0.05) is 0 Å². The average Bonchev–Trinajstić information content (AvgIpc) is 2.35. The predicted octanol–water partition coefficient (Wildman–Crippen LogP) is 2.50. The van der Waals surface area contributed by atoms with Crippen molar-refractivity contribution in [2.24, 2.45) is 0 Å². The summed E-state index contributed by atoms with van der Waals surface area (Å²) in [5.74, 6) is -0.843. The molecule has 0 N–H and O–H groups in total. The number of alkyl halides is 3. The van der Waals surface area contributed by atoms with E-state index in [4.69, 9.17) is 0 Å². The van der Waals surface area contributed by atoms with Gasteiger partial charge in [0.2, 0.25) is 0 Å². The van der Waals surface area contributed by atoms with E-state index < -0.39 is 33.8 Å². The maximum absolute atomic E-state index is 12.0. The third-order valence-corrected chi connectivity index (χ3v) is 3.96. The molecule has 112 valence electrons. The van der Waals surface area contributed by atoms with Gasteiger partial charge in [0.05, 0.1) is 17.6 Å². The van der Waals surface area contributed by atoms with E-state index >= 15 is 0 Å². The van der Waals surface area contributed by atoms with Crippen LogP contribution < -0.4 is 0 Å². The van der Waals surface area contributed by atoms with Crippen molar-refractivity contribution in [2.75, 3.05) is 13.7 Å². The SMILES string of the molecule is COC(=O)c1cc(S(=O)(=O)OCC(F)(F)F)ccc1Br. The smallest absolute Gasteiger partial charge is 0.413 e. The molecule has 0 amide bonds. The number of ether oxygens (including phenoxy) is 1. The summed E-state index contributed by atoms with van der Waals surface area (Å²) < 4.78 is 67.5. The largest absolute Gasteiger partial charge is 0.465 e. The first-order chi connectivity index (χ1) is 9.07. The molecule has 0 aliphatic carbocycles. The van der Waals surface area contributed by atoms with Gasteiger partial charge < -0.3 is 4.74 Å². The fourth-order valence-electron chi connectivity index (χ4n) is 1.14. The van der Waals surface area contributed by atoms with E-state index in [1.54, 1.807) is 0 Å². The molecule has 20 heavy (non-hydrogen) atoms. The van der Waals surface area contributed by atoms with Crippen LogP contribution in [0, 0.1) is 0 Å². The van der Waals surface area contributed by atoms with Crippen molar-refractivity contribution in [1.82, 2.24) is 0 Å². The Kier molecular flexibility index (Phi) is 5.16. The zero-order valence-corrected chi connectivity index (χ0v) is 12.3. The first-order valence-corrected chi connectivity index (χ1v) is 7.11. The van der Waals surface area contributed by atoms with Crippen LogP contribution in [0.5, 0.6) is 0 Å². The van der Waals surface area contributed by atoms with Crippen LogP contribution in [0.1, 0.15) is 10.4 Å². The van der Waals surface area contributed by atoms with Gasteiger partial charge in [-0.2, -0.15) is 21.6 Å². The van der Waals surface area contributed by atoms with Gasteiger partial charge in [-0.05, 0) is 34.1 Å². The van der Waals surface area contributed by atoms with Crippen molar-refractivity contribution < 1.29 is 35.3 Å². The minimum Gasteiger partial charge on any atom is -0.465 e. The molecule has 0 aliphatic rings. The molecule has 0 unspecified atom stereocenters. The fourth-order valence-corrected chi connectivity index (χ4v) is 2.47. The van der Waals surface area contributed by atoms with Gasteiger partial charge in [0, 0.05) is 4.47 Å². The zero-order chi connectivity index (χ0) is 15.6. The van der Waals surface area contributed by atoms with Crippen molar-refractivity contribution in [3.05, 3.63) is 28.2 Å². The van der Waals surface area contributed by atoms with Crippen LogP contribution >= 0.6 is 15.9 Å². The molecule has 0 saturated carbocycles. The Hall–Kier alpha value is -1.13. The topological polar surface area (TPSA) is 69.7 Å². The number of rotatable bonds is 4. The van der Waals surface area contributed by atoms with E-state index in [-0.39, 0.29) is 10.0 Å². The molecule has 0 aromatic heterocycles. The number of esters is 1. The molecule has 0 saturated heterocycles. The van der Waals surface area contributed by atoms with Crippen molar-refractivity contribution in [2.45, 2.75) is 11.1 Å². The molecule has 0 fully saturated rings.